The molecule has 0 unspecified atom stereocenters. The Kier molecular flexibility index (Phi) is 8.19. The fraction of sp³-hybridized carbons (Fsp3) is 0.296. The number of hydrogen-bond donors (Lipinski definition) is 1. The Hall–Kier alpha value is -4.85. The Morgan fingerprint density at radius 3 is 2.71 bits per heavy atom. The molecule has 0 aliphatic carbocycles. The van der Waals surface area contributed by atoms with E-state index in [9.17, 15) is 9.59 Å². The number of anilines is 2. The minimum Gasteiger partial charge on any atom is -0.442 e. The molecule has 14 heteroatoms. The maximum atomic E-state index is 15.2. The molecule has 0 bridgehead atoms. The third-order valence-corrected chi connectivity index (χ3v) is 6.55. The van der Waals surface area contributed by atoms with Crippen LogP contribution < -0.4 is 20.0 Å². The summed E-state index contributed by atoms with van der Waals surface area (Å²) in [4.78, 5) is 31.9. The summed E-state index contributed by atoms with van der Waals surface area (Å²) in [5.74, 6) is -1.34. The number of benzene rings is 2. The minimum atomic E-state index is -0.828. The second-order valence-corrected chi connectivity index (χ2v) is 9.25. The Morgan fingerprint density at radius 2 is 1.98 bits per heavy atom. The molecule has 1 saturated heterocycles. The highest BCUT2D eigenvalue weighted by atomic mass is 19.1. The molecule has 3 heterocycles. The highest BCUT2D eigenvalue weighted by molar-refractivity contribution is 5.90. The number of hydrazine groups is 1. The molecule has 4 aromatic rings. The summed E-state index contributed by atoms with van der Waals surface area (Å²) < 4.78 is 42.8. The normalized spacial score (nSPS) is 14.8. The fourth-order valence-corrected chi connectivity index (χ4v) is 4.54. The number of carbonyl (C=O) groups is 2. The number of carbonyl (C=O) groups excluding carboxylic acids is 2. The summed E-state index contributed by atoms with van der Waals surface area (Å²) in [5, 5.41) is 9.53. The van der Waals surface area contributed by atoms with Gasteiger partial charge in [-0.05, 0) is 19.1 Å². The highest BCUT2D eigenvalue weighted by Gasteiger charge is 2.34. The molecule has 5 rings (SSSR count). The van der Waals surface area contributed by atoms with E-state index < -0.39 is 29.9 Å². The number of amides is 2. The average molecular weight is 567 g/mol. The van der Waals surface area contributed by atoms with Crippen LogP contribution in [0.25, 0.3) is 10.9 Å². The number of hydrogen-bond acceptors (Lipinski definition) is 9. The lowest BCUT2D eigenvalue weighted by molar-refractivity contribution is 0.129. The summed E-state index contributed by atoms with van der Waals surface area (Å²) >= 11 is 0. The van der Waals surface area contributed by atoms with Crippen LogP contribution in [-0.2, 0) is 11.3 Å². The number of halogens is 2. The molecule has 1 aliphatic heterocycles. The molecule has 2 aromatic heterocycles. The van der Waals surface area contributed by atoms with Crippen molar-refractivity contribution in [1.82, 2.24) is 30.4 Å². The average Bonchev–Trinajstić information content (AvgIpc) is 3.61. The van der Waals surface area contributed by atoms with Crippen molar-refractivity contribution < 1.29 is 27.8 Å². The first kappa shape index (κ1) is 27.7. The van der Waals surface area contributed by atoms with E-state index in [2.05, 4.69) is 20.7 Å². The van der Waals surface area contributed by atoms with E-state index in [0.29, 0.717) is 11.3 Å². The number of para-hydroxylation sites is 1. The lowest BCUT2D eigenvalue weighted by Gasteiger charge is -2.26. The standard InChI is InChI=1S/C27H28F2N8O4/c1-3-35(12-11-32-34(2)26(38)41-23-8-4-6-18-7-5-9-30-24(18)23)25-21(28)14-19(15-22(25)29)37-17-20(40-27(37)39)16-36-13-10-31-33-36/h4-10,13-15,20,32H,3,11-12,16-17H2,1-2H3/t20-/m0/s1. The van der Waals surface area contributed by atoms with Gasteiger partial charge in [-0.2, -0.15) is 0 Å². The molecule has 0 spiro atoms. The lowest BCUT2D eigenvalue weighted by Crippen LogP contribution is -2.45. The van der Waals surface area contributed by atoms with E-state index in [1.807, 2.05) is 12.1 Å². The van der Waals surface area contributed by atoms with Gasteiger partial charge in [0, 0.05) is 56.6 Å². The van der Waals surface area contributed by atoms with Gasteiger partial charge in [-0.15, -0.1) is 5.10 Å². The van der Waals surface area contributed by atoms with Gasteiger partial charge < -0.3 is 14.4 Å². The predicted molar refractivity (Wildman–Crippen MR) is 145 cm³/mol. The summed E-state index contributed by atoms with van der Waals surface area (Å²) in [5.41, 5.74) is 3.24. The van der Waals surface area contributed by atoms with Gasteiger partial charge in [-0.25, -0.2) is 33.5 Å². The lowest BCUT2D eigenvalue weighted by atomic mass is 10.2. The molecule has 1 fully saturated rings. The first-order valence-corrected chi connectivity index (χ1v) is 12.9. The number of likely N-dealkylation sites (N-methyl/N-ethyl adjacent to an activating group) is 1. The van der Waals surface area contributed by atoms with E-state index >= 15 is 8.78 Å². The smallest absolute Gasteiger partial charge is 0.429 e. The quantitative estimate of drug-likeness (QED) is 0.287. The van der Waals surface area contributed by atoms with Crippen LogP contribution in [0, 0.1) is 11.6 Å². The van der Waals surface area contributed by atoms with Crippen LogP contribution in [0.4, 0.5) is 29.7 Å². The number of nitrogens with zero attached hydrogens (tertiary/aromatic N) is 7. The van der Waals surface area contributed by atoms with Crippen LogP contribution in [0.1, 0.15) is 6.92 Å². The van der Waals surface area contributed by atoms with Crippen molar-refractivity contribution in [3.05, 3.63) is 72.7 Å². The number of cyclic esters (lactones) is 1. The van der Waals surface area contributed by atoms with Crippen molar-refractivity contribution in [1.29, 1.82) is 0 Å². The van der Waals surface area contributed by atoms with Crippen LogP contribution in [0.5, 0.6) is 5.75 Å². The van der Waals surface area contributed by atoms with E-state index in [1.165, 1.54) is 27.7 Å². The van der Waals surface area contributed by atoms with Gasteiger partial charge in [0.2, 0.25) is 0 Å². The predicted octanol–water partition coefficient (Wildman–Crippen LogP) is 3.59. The molecule has 41 heavy (non-hydrogen) atoms. The zero-order valence-electron chi connectivity index (χ0n) is 22.4. The van der Waals surface area contributed by atoms with Crippen molar-refractivity contribution in [3.8, 4) is 5.75 Å². The number of fused-ring (bicyclic) bond motifs is 1. The SMILES string of the molecule is CCN(CCNN(C)C(=O)Oc1cccc2cccnc12)c1c(F)cc(N2C[C@H](Cn3ccnn3)OC2=O)cc1F. The van der Waals surface area contributed by atoms with Crippen LogP contribution in [0.2, 0.25) is 0 Å². The molecule has 0 saturated carbocycles. The Morgan fingerprint density at radius 1 is 1.20 bits per heavy atom. The molecular formula is C27H28F2N8O4. The maximum Gasteiger partial charge on any atom is 0.429 e. The second-order valence-electron chi connectivity index (χ2n) is 9.25. The first-order chi connectivity index (χ1) is 19.8. The fourth-order valence-electron chi connectivity index (χ4n) is 4.54. The summed E-state index contributed by atoms with van der Waals surface area (Å²) in [6, 6.07) is 11.1. The highest BCUT2D eigenvalue weighted by Crippen LogP contribution is 2.31. The third kappa shape index (κ3) is 6.17. The summed E-state index contributed by atoms with van der Waals surface area (Å²) in [6.07, 6.45) is 2.82. The number of aromatic nitrogens is 4. The van der Waals surface area contributed by atoms with Gasteiger partial charge in [-0.3, -0.25) is 9.88 Å². The van der Waals surface area contributed by atoms with Crippen LogP contribution in [0.3, 0.4) is 0 Å². The van der Waals surface area contributed by atoms with Crippen molar-refractivity contribution >= 4 is 34.5 Å². The van der Waals surface area contributed by atoms with Crippen molar-refractivity contribution in [2.75, 3.05) is 43.0 Å². The zero-order valence-corrected chi connectivity index (χ0v) is 22.4. The van der Waals surface area contributed by atoms with Crippen LogP contribution >= 0.6 is 0 Å². The Balaban J connectivity index is 1.19. The molecule has 0 radical (unpaired) electrons. The molecule has 214 valence electrons. The summed E-state index contributed by atoms with van der Waals surface area (Å²) in [7, 11) is 1.48. The van der Waals surface area contributed by atoms with E-state index in [1.54, 1.807) is 37.5 Å². The van der Waals surface area contributed by atoms with E-state index in [0.717, 1.165) is 22.5 Å². The van der Waals surface area contributed by atoms with Crippen molar-refractivity contribution in [2.45, 2.75) is 19.6 Å². The van der Waals surface area contributed by atoms with Gasteiger partial charge in [0.1, 0.15) is 17.3 Å². The van der Waals surface area contributed by atoms with Gasteiger partial charge >= 0.3 is 12.2 Å². The monoisotopic (exact) mass is 566 g/mol. The summed E-state index contributed by atoms with van der Waals surface area (Å²) in [6.45, 7) is 2.76. The van der Waals surface area contributed by atoms with Gasteiger partial charge in [-0.1, -0.05) is 23.4 Å². The van der Waals surface area contributed by atoms with Crippen molar-refractivity contribution in [3.63, 3.8) is 0 Å². The van der Waals surface area contributed by atoms with Gasteiger partial charge in [0.05, 0.1) is 25.0 Å². The zero-order chi connectivity index (χ0) is 28.9. The molecule has 2 aromatic carbocycles. The van der Waals surface area contributed by atoms with Gasteiger partial charge in [0.15, 0.2) is 17.4 Å². The number of nitrogens with one attached hydrogen (secondary N) is 1. The molecule has 1 atom stereocenters. The topological polar surface area (TPSA) is 118 Å². The number of ether oxygens (including phenoxy) is 2. The van der Waals surface area contributed by atoms with E-state index in [-0.39, 0.29) is 44.1 Å². The van der Waals surface area contributed by atoms with Gasteiger partial charge in [0.25, 0.3) is 0 Å². The van der Waals surface area contributed by atoms with E-state index in [4.69, 9.17) is 9.47 Å². The third-order valence-electron chi connectivity index (χ3n) is 6.55. The Labute approximate surface area is 234 Å². The molecule has 2 amide bonds. The first-order valence-electron chi connectivity index (χ1n) is 12.9. The minimum absolute atomic E-state index is 0.0504. The maximum absolute atomic E-state index is 15.2. The van der Waals surface area contributed by atoms with Crippen LogP contribution in [-0.4, -0.2) is 76.5 Å². The molecular weight excluding hydrogens is 538 g/mol. The second kappa shape index (κ2) is 12.1. The molecule has 1 aliphatic rings. The molecule has 12 nitrogen and oxygen atoms in total. The van der Waals surface area contributed by atoms with Crippen LogP contribution in [0.15, 0.2) is 61.1 Å². The largest absolute Gasteiger partial charge is 0.442 e. The number of rotatable bonds is 10. The van der Waals surface area contributed by atoms with Crippen molar-refractivity contribution in [2.24, 2.45) is 0 Å². The number of pyridine rings is 1. The Bertz CT molecular complexity index is 1510. The molecule has 1 N–H and O–H groups in total.